The van der Waals surface area contributed by atoms with Gasteiger partial charge in [0.15, 0.2) is 0 Å². The standard InChI is InChI=1S/C27H20ClN3O2/c1-20(32)31(24-15-9-8-14-23(24)17-16-21-10-4-2-5-11-21)26-27(33)30(19-25(28)29-26)18-22-12-6-3-7-13-22/h2-15,19H,18H2,1H3. The molecule has 0 aliphatic rings. The van der Waals surface area contributed by atoms with Crippen molar-refractivity contribution in [2.24, 2.45) is 0 Å². The summed E-state index contributed by atoms with van der Waals surface area (Å²) < 4.78 is 1.45. The molecule has 162 valence electrons. The zero-order chi connectivity index (χ0) is 23.2. The van der Waals surface area contributed by atoms with Gasteiger partial charge in [0.05, 0.1) is 12.2 Å². The molecule has 0 saturated heterocycles. The van der Waals surface area contributed by atoms with Crippen LogP contribution in [0, 0.1) is 11.8 Å². The molecule has 1 amide bonds. The summed E-state index contributed by atoms with van der Waals surface area (Å²) in [6.07, 6.45) is 1.47. The maximum atomic E-state index is 13.3. The molecule has 0 unspecified atom stereocenters. The van der Waals surface area contributed by atoms with Crippen LogP contribution in [0.4, 0.5) is 11.5 Å². The van der Waals surface area contributed by atoms with Crippen LogP contribution >= 0.6 is 11.6 Å². The first-order valence-electron chi connectivity index (χ1n) is 10.3. The molecule has 0 saturated carbocycles. The largest absolute Gasteiger partial charge is 0.305 e. The number of nitrogens with zero attached hydrogens (tertiary/aromatic N) is 3. The second kappa shape index (κ2) is 9.99. The number of carbonyl (C=O) groups excluding carboxylic acids is 1. The van der Waals surface area contributed by atoms with Crippen LogP contribution in [0.1, 0.15) is 23.6 Å². The Balaban J connectivity index is 1.81. The molecule has 1 aromatic heterocycles. The van der Waals surface area contributed by atoms with E-state index in [1.165, 1.54) is 22.6 Å². The van der Waals surface area contributed by atoms with Gasteiger partial charge in [0.2, 0.25) is 11.7 Å². The van der Waals surface area contributed by atoms with Gasteiger partial charge in [-0.15, -0.1) is 0 Å². The fourth-order valence-electron chi connectivity index (χ4n) is 3.40. The second-order valence-corrected chi connectivity index (χ2v) is 7.68. The Hall–Kier alpha value is -4.14. The second-order valence-electron chi connectivity index (χ2n) is 7.29. The number of amides is 1. The number of para-hydroxylation sites is 1. The topological polar surface area (TPSA) is 55.2 Å². The van der Waals surface area contributed by atoms with E-state index in [1.54, 1.807) is 18.2 Å². The lowest BCUT2D eigenvalue weighted by Gasteiger charge is -2.22. The van der Waals surface area contributed by atoms with E-state index in [4.69, 9.17) is 11.6 Å². The van der Waals surface area contributed by atoms with E-state index in [2.05, 4.69) is 16.8 Å². The maximum absolute atomic E-state index is 13.3. The summed E-state index contributed by atoms with van der Waals surface area (Å²) in [5.74, 6) is 5.77. The highest BCUT2D eigenvalue weighted by molar-refractivity contribution is 6.29. The van der Waals surface area contributed by atoms with Crippen LogP contribution < -0.4 is 10.5 Å². The molecule has 5 nitrogen and oxygen atoms in total. The van der Waals surface area contributed by atoms with E-state index in [1.807, 2.05) is 66.7 Å². The first-order valence-corrected chi connectivity index (χ1v) is 10.7. The van der Waals surface area contributed by atoms with Gasteiger partial charge in [-0.2, -0.15) is 0 Å². The molecule has 0 N–H and O–H groups in total. The molecule has 0 radical (unpaired) electrons. The lowest BCUT2D eigenvalue weighted by molar-refractivity contribution is -0.115. The van der Waals surface area contributed by atoms with E-state index >= 15 is 0 Å². The number of rotatable bonds is 4. The summed E-state index contributed by atoms with van der Waals surface area (Å²) in [4.78, 5) is 31.6. The molecule has 0 bridgehead atoms. The van der Waals surface area contributed by atoms with Crippen molar-refractivity contribution in [2.45, 2.75) is 13.5 Å². The summed E-state index contributed by atoms with van der Waals surface area (Å²) in [5, 5.41) is 0.111. The molecule has 0 aliphatic heterocycles. The highest BCUT2D eigenvalue weighted by atomic mass is 35.5. The average Bonchev–Trinajstić information content (AvgIpc) is 2.82. The normalized spacial score (nSPS) is 10.2. The number of aromatic nitrogens is 2. The zero-order valence-electron chi connectivity index (χ0n) is 17.9. The maximum Gasteiger partial charge on any atom is 0.294 e. The van der Waals surface area contributed by atoms with Crippen LogP contribution in [0.25, 0.3) is 0 Å². The highest BCUT2D eigenvalue weighted by Crippen LogP contribution is 2.26. The predicted octanol–water partition coefficient (Wildman–Crippen LogP) is 5.03. The molecule has 4 aromatic rings. The quantitative estimate of drug-likeness (QED) is 0.407. The zero-order valence-corrected chi connectivity index (χ0v) is 18.7. The van der Waals surface area contributed by atoms with Gasteiger partial charge in [0, 0.05) is 24.2 Å². The number of hydrogen-bond donors (Lipinski definition) is 0. The Morgan fingerprint density at radius 1 is 0.939 bits per heavy atom. The number of anilines is 2. The molecule has 0 fully saturated rings. The van der Waals surface area contributed by atoms with E-state index in [0.717, 1.165) is 11.1 Å². The van der Waals surface area contributed by atoms with Crippen LogP contribution in [0.3, 0.4) is 0 Å². The highest BCUT2D eigenvalue weighted by Gasteiger charge is 2.23. The molecule has 33 heavy (non-hydrogen) atoms. The first-order chi connectivity index (χ1) is 16.0. The fourth-order valence-corrected chi connectivity index (χ4v) is 3.60. The lowest BCUT2D eigenvalue weighted by Crippen LogP contribution is -2.34. The number of halogens is 1. The van der Waals surface area contributed by atoms with Gasteiger partial charge in [0.1, 0.15) is 5.15 Å². The smallest absolute Gasteiger partial charge is 0.294 e. The van der Waals surface area contributed by atoms with Crippen molar-refractivity contribution >= 4 is 29.0 Å². The Bertz CT molecular complexity index is 1400. The van der Waals surface area contributed by atoms with Crippen LogP contribution in [0.2, 0.25) is 5.15 Å². The third kappa shape index (κ3) is 5.20. The van der Waals surface area contributed by atoms with Crippen LogP contribution in [0.15, 0.2) is 95.9 Å². The molecule has 6 heteroatoms. The van der Waals surface area contributed by atoms with Gasteiger partial charge >= 0.3 is 0 Å². The number of benzene rings is 3. The van der Waals surface area contributed by atoms with Gasteiger partial charge in [-0.1, -0.05) is 84.1 Å². The summed E-state index contributed by atoms with van der Waals surface area (Å²) in [6, 6.07) is 26.2. The van der Waals surface area contributed by atoms with Gasteiger partial charge in [-0.05, 0) is 29.8 Å². The van der Waals surface area contributed by atoms with Crippen molar-refractivity contribution in [3.63, 3.8) is 0 Å². The van der Waals surface area contributed by atoms with Crippen molar-refractivity contribution in [3.05, 3.63) is 123 Å². The van der Waals surface area contributed by atoms with Gasteiger partial charge in [0.25, 0.3) is 5.56 Å². The first kappa shape index (κ1) is 22.1. The van der Waals surface area contributed by atoms with Gasteiger partial charge in [-0.3, -0.25) is 14.5 Å². The molecule has 3 aromatic carbocycles. The molecule has 0 spiro atoms. The minimum Gasteiger partial charge on any atom is -0.305 e. The van der Waals surface area contributed by atoms with Crippen molar-refractivity contribution in [1.29, 1.82) is 0 Å². The van der Waals surface area contributed by atoms with Crippen molar-refractivity contribution in [2.75, 3.05) is 4.90 Å². The van der Waals surface area contributed by atoms with Crippen molar-refractivity contribution in [1.82, 2.24) is 9.55 Å². The molecule has 0 aliphatic carbocycles. The van der Waals surface area contributed by atoms with Gasteiger partial charge < -0.3 is 4.57 Å². The number of carbonyl (C=O) groups is 1. The average molecular weight is 454 g/mol. The molecule has 4 rings (SSSR count). The Labute approximate surface area is 196 Å². The van der Waals surface area contributed by atoms with E-state index in [9.17, 15) is 9.59 Å². The van der Waals surface area contributed by atoms with E-state index in [-0.39, 0.29) is 16.9 Å². The predicted molar refractivity (Wildman–Crippen MR) is 131 cm³/mol. The van der Waals surface area contributed by atoms with Crippen LogP contribution in [-0.2, 0) is 11.3 Å². The SMILES string of the molecule is CC(=O)N(c1ccccc1C#Cc1ccccc1)c1nc(Cl)cn(Cc2ccccc2)c1=O. The van der Waals surface area contributed by atoms with Gasteiger partial charge in [-0.25, -0.2) is 4.98 Å². The summed E-state index contributed by atoms with van der Waals surface area (Å²) in [6.45, 7) is 1.68. The molecule has 0 atom stereocenters. The minimum atomic E-state index is -0.427. The van der Waals surface area contributed by atoms with Crippen LogP contribution in [0.5, 0.6) is 0 Å². The van der Waals surface area contributed by atoms with E-state index in [0.29, 0.717) is 17.8 Å². The fraction of sp³-hybridized carbons (Fsp3) is 0.0741. The number of hydrogen-bond acceptors (Lipinski definition) is 3. The third-order valence-corrected chi connectivity index (χ3v) is 5.09. The third-order valence-electron chi connectivity index (χ3n) is 4.91. The monoisotopic (exact) mass is 453 g/mol. The van der Waals surface area contributed by atoms with Crippen LogP contribution in [-0.4, -0.2) is 15.5 Å². The Morgan fingerprint density at radius 2 is 1.58 bits per heavy atom. The molecular weight excluding hydrogens is 434 g/mol. The molecule has 1 heterocycles. The van der Waals surface area contributed by atoms with E-state index < -0.39 is 5.56 Å². The Morgan fingerprint density at radius 3 is 2.27 bits per heavy atom. The summed E-state index contributed by atoms with van der Waals surface area (Å²) >= 11 is 6.27. The minimum absolute atomic E-state index is 0.0695. The van der Waals surface area contributed by atoms with Crippen molar-refractivity contribution in [3.8, 4) is 11.8 Å². The lowest BCUT2D eigenvalue weighted by atomic mass is 10.1. The van der Waals surface area contributed by atoms with Crippen molar-refractivity contribution < 1.29 is 4.79 Å². The summed E-state index contributed by atoms with van der Waals surface area (Å²) in [5.41, 5.74) is 2.40. The Kier molecular flexibility index (Phi) is 6.68. The summed E-state index contributed by atoms with van der Waals surface area (Å²) in [7, 11) is 0. The molecular formula is C27H20ClN3O2.